The number of methoxy groups -OCH3 is 1. The van der Waals surface area contributed by atoms with Crippen molar-refractivity contribution in [2.24, 2.45) is 5.90 Å². The Kier molecular flexibility index (Phi) is 3.59. The third-order valence-corrected chi connectivity index (χ3v) is 4.27. The lowest BCUT2D eigenvalue weighted by Crippen LogP contribution is -2.50. The van der Waals surface area contributed by atoms with Crippen molar-refractivity contribution in [1.82, 2.24) is 9.88 Å². The molecule has 0 saturated heterocycles. The SMILES string of the molecule is COc1ccc2c(n1)CCN(C(=O)C1(ON)C[C@@H]1O)[C@H]2C=O. The molecule has 1 fully saturated rings. The molecular formula is C14H17N3O5. The lowest BCUT2D eigenvalue weighted by Gasteiger charge is -2.35. The molecule has 0 bridgehead atoms. The van der Waals surface area contributed by atoms with Crippen LogP contribution in [0.3, 0.4) is 0 Å². The largest absolute Gasteiger partial charge is 0.481 e. The number of rotatable bonds is 4. The van der Waals surface area contributed by atoms with Crippen molar-refractivity contribution in [3.63, 3.8) is 0 Å². The Morgan fingerprint density at radius 3 is 2.86 bits per heavy atom. The molecule has 8 heteroatoms. The van der Waals surface area contributed by atoms with E-state index in [1.165, 1.54) is 12.0 Å². The lowest BCUT2D eigenvalue weighted by atomic mass is 9.97. The van der Waals surface area contributed by atoms with E-state index >= 15 is 0 Å². The summed E-state index contributed by atoms with van der Waals surface area (Å²) in [6.45, 7) is 0.299. The van der Waals surface area contributed by atoms with Crippen LogP contribution in [0.5, 0.6) is 5.88 Å². The molecule has 3 atom stereocenters. The number of aliphatic hydroxyl groups is 1. The molecule has 8 nitrogen and oxygen atoms in total. The van der Waals surface area contributed by atoms with Crippen molar-refractivity contribution in [3.05, 3.63) is 23.4 Å². The Morgan fingerprint density at radius 1 is 1.59 bits per heavy atom. The third kappa shape index (κ3) is 2.07. The highest BCUT2D eigenvalue weighted by molar-refractivity contribution is 5.92. The number of carbonyl (C=O) groups excluding carboxylic acids is 2. The van der Waals surface area contributed by atoms with Gasteiger partial charge in [0.1, 0.15) is 12.3 Å². The van der Waals surface area contributed by atoms with Crippen LogP contribution in [0.1, 0.15) is 23.7 Å². The van der Waals surface area contributed by atoms with Crippen molar-refractivity contribution in [2.45, 2.75) is 30.6 Å². The van der Waals surface area contributed by atoms with Crippen LogP contribution in [0.15, 0.2) is 12.1 Å². The molecule has 1 amide bonds. The maximum atomic E-state index is 12.6. The van der Waals surface area contributed by atoms with Crippen molar-refractivity contribution >= 4 is 12.2 Å². The molecule has 118 valence electrons. The number of hydrogen-bond acceptors (Lipinski definition) is 7. The van der Waals surface area contributed by atoms with E-state index in [0.717, 1.165) is 5.69 Å². The molecule has 0 radical (unpaired) electrons. The molecule has 1 saturated carbocycles. The second-order valence-corrected chi connectivity index (χ2v) is 5.45. The molecule has 1 aromatic heterocycles. The fourth-order valence-electron chi connectivity index (χ4n) is 2.86. The van der Waals surface area contributed by atoms with Crippen LogP contribution >= 0.6 is 0 Å². The fraction of sp³-hybridized carbons (Fsp3) is 0.500. The van der Waals surface area contributed by atoms with Gasteiger partial charge < -0.3 is 19.5 Å². The zero-order chi connectivity index (χ0) is 15.9. The zero-order valence-electron chi connectivity index (χ0n) is 12.1. The Morgan fingerprint density at radius 2 is 2.32 bits per heavy atom. The van der Waals surface area contributed by atoms with Crippen molar-refractivity contribution < 1.29 is 24.3 Å². The van der Waals surface area contributed by atoms with Gasteiger partial charge in [-0.3, -0.25) is 9.63 Å². The normalized spacial score (nSPS) is 29.7. The van der Waals surface area contributed by atoms with E-state index in [1.54, 1.807) is 12.1 Å². The van der Waals surface area contributed by atoms with Crippen LogP contribution < -0.4 is 10.6 Å². The number of hydrogen-bond donors (Lipinski definition) is 2. The Hall–Kier alpha value is -2.03. The topological polar surface area (TPSA) is 115 Å². The van der Waals surface area contributed by atoms with E-state index in [2.05, 4.69) is 4.98 Å². The average molecular weight is 307 g/mol. The smallest absolute Gasteiger partial charge is 0.260 e. The molecule has 2 heterocycles. The molecule has 3 N–H and O–H groups in total. The van der Waals surface area contributed by atoms with Crippen LogP contribution in [0.4, 0.5) is 0 Å². The van der Waals surface area contributed by atoms with Gasteiger partial charge in [0.15, 0.2) is 5.60 Å². The van der Waals surface area contributed by atoms with Gasteiger partial charge in [0, 0.05) is 31.0 Å². The Bertz CT molecular complexity index is 618. The van der Waals surface area contributed by atoms with Crippen LogP contribution in [0.2, 0.25) is 0 Å². The predicted octanol–water partition coefficient (Wildman–Crippen LogP) is -0.891. The summed E-state index contributed by atoms with van der Waals surface area (Å²) < 4.78 is 5.07. The van der Waals surface area contributed by atoms with Gasteiger partial charge in [0.05, 0.1) is 18.9 Å². The predicted molar refractivity (Wildman–Crippen MR) is 73.6 cm³/mol. The first-order valence-corrected chi connectivity index (χ1v) is 6.93. The Labute approximate surface area is 126 Å². The quantitative estimate of drug-likeness (QED) is 0.547. The molecule has 3 rings (SSSR count). The second kappa shape index (κ2) is 5.31. The number of fused-ring (bicyclic) bond motifs is 1. The van der Waals surface area contributed by atoms with E-state index in [0.29, 0.717) is 30.7 Å². The minimum Gasteiger partial charge on any atom is -0.481 e. The second-order valence-electron chi connectivity index (χ2n) is 5.45. The minimum atomic E-state index is -1.42. The van der Waals surface area contributed by atoms with Crippen LogP contribution in [0.25, 0.3) is 0 Å². The van der Waals surface area contributed by atoms with E-state index in [4.69, 9.17) is 15.5 Å². The number of carbonyl (C=O) groups is 2. The number of amides is 1. The summed E-state index contributed by atoms with van der Waals surface area (Å²) in [5, 5.41) is 9.63. The molecule has 1 unspecified atom stereocenters. The van der Waals surface area contributed by atoms with Gasteiger partial charge in [0.25, 0.3) is 5.91 Å². The number of aromatic nitrogens is 1. The summed E-state index contributed by atoms with van der Waals surface area (Å²) in [5.74, 6) is 5.15. The van der Waals surface area contributed by atoms with E-state index in [9.17, 15) is 14.7 Å². The van der Waals surface area contributed by atoms with Crippen molar-refractivity contribution in [2.75, 3.05) is 13.7 Å². The first-order valence-electron chi connectivity index (χ1n) is 6.93. The highest BCUT2D eigenvalue weighted by atomic mass is 16.7. The standard InChI is InChI=1S/C14H17N3O5/c1-21-12-3-2-8-9(16-12)4-5-17(10(8)7-18)13(20)14(22-15)6-11(14)19/h2-3,7,10-11,19H,4-6,15H2,1H3/t10-,11-,14?/m0/s1. The molecule has 1 aliphatic heterocycles. The van der Waals surface area contributed by atoms with E-state index in [-0.39, 0.29) is 6.42 Å². The first kappa shape index (κ1) is 14.9. The maximum absolute atomic E-state index is 12.6. The van der Waals surface area contributed by atoms with Gasteiger partial charge >= 0.3 is 0 Å². The molecule has 1 aliphatic carbocycles. The number of pyridine rings is 1. The van der Waals surface area contributed by atoms with Crippen LogP contribution in [0, 0.1) is 0 Å². The van der Waals surface area contributed by atoms with Gasteiger partial charge in [-0.15, -0.1) is 0 Å². The van der Waals surface area contributed by atoms with Gasteiger partial charge in [-0.25, -0.2) is 10.9 Å². The fourth-order valence-corrected chi connectivity index (χ4v) is 2.86. The summed E-state index contributed by atoms with van der Waals surface area (Å²) in [7, 11) is 1.52. The van der Waals surface area contributed by atoms with E-state index in [1.807, 2.05) is 0 Å². The zero-order valence-corrected chi connectivity index (χ0v) is 12.1. The molecule has 1 aromatic rings. The van der Waals surface area contributed by atoms with E-state index < -0.39 is 23.7 Å². The van der Waals surface area contributed by atoms with Crippen molar-refractivity contribution in [3.8, 4) is 5.88 Å². The Balaban J connectivity index is 1.92. The summed E-state index contributed by atoms with van der Waals surface area (Å²) in [6.07, 6.45) is 0.369. The molecule has 0 spiro atoms. The third-order valence-electron chi connectivity index (χ3n) is 4.27. The monoisotopic (exact) mass is 307 g/mol. The number of aliphatic hydroxyl groups excluding tert-OH is 1. The van der Waals surface area contributed by atoms with Gasteiger partial charge in [-0.2, -0.15) is 0 Å². The molecular weight excluding hydrogens is 290 g/mol. The summed E-state index contributed by atoms with van der Waals surface area (Å²) >= 11 is 0. The maximum Gasteiger partial charge on any atom is 0.260 e. The van der Waals surface area contributed by atoms with Gasteiger partial charge in [0.2, 0.25) is 5.88 Å². The molecule has 22 heavy (non-hydrogen) atoms. The summed E-state index contributed by atoms with van der Waals surface area (Å²) in [6, 6.07) is 2.60. The summed E-state index contributed by atoms with van der Waals surface area (Å²) in [4.78, 5) is 34.5. The van der Waals surface area contributed by atoms with Gasteiger partial charge in [-0.1, -0.05) is 0 Å². The first-order chi connectivity index (χ1) is 10.6. The molecule has 2 aliphatic rings. The number of ether oxygens (including phenoxy) is 1. The highest BCUT2D eigenvalue weighted by Gasteiger charge is 2.64. The minimum absolute atomic E-state index is 0.137. The number of nitrogens with zero attached hydrogens (tertiary/aromatic N) is 2. The summed E-state index contributed by atoms with van der Waals surface area (Å²) in [5.41, 5.74) is -0.0455. The van der Waals surface area contributed by atoms with Gasteiger partial charge in [-0.05, 0) is 6.07 Å². The van der Waals surface area contributed by atoms with Crippen molar-refractivity contribution in [1.29, 1.82) is 0 Å². The number of nitrogens with two attached hydrogens (primary N) is 1. The average Bonchev–Trinajstić information content (AvgIpc) is 3.23. The van der Waals surface area contributed by atoms with Crippen LogP contribution in [-0.4, -0.2) is 52.5 Å². The molecule has 0 aromatic carbocycles. The number of aldehydes is 1. The highest BCUT2D eigenvalue weighted by Crippen LogP contribution is 2.43. The lowest BCUT2D eigenvalue weighted by molar-refractivity contribution is -0.154. The van der Waals surface area contributed by atoms with Crippen LogP contribution in [-0.2, 0) is 20.8 Å².